The van der Waals surface area contributed by atoms with E-state index in [0.29, 0.717) is 24.2 Å². The van der Waals surface area contributed by atoms with E-state index in [2.05, 4.69) is 11.3 Å². The number of esters is 1. The van der Waals surface area contributed by atoms with Crippen LogP contribution in [-0.2, 0) is 26.1 Å². The Balaban J connectivity index is 1.86. The lowest BCUT2D eigenvalue weighted by atomic mass is 10.1. The van der Waals surface area contributed by atoms with Crippen LogP contribution in [0.4, 0.5) is 8.78 Å². The van der Waals surface area contributed by atoms with Crippen LogP contribution in [0.15, 0.2) is 41.8 Å². The van der Waals surface area contributed by atoms with Gasteiger partial charge in [0.15, 0.2) is 18.2 Å². The second kappa shape index (κ2) is 9.77. The molecule has 0 unspecified atom stereocenters. The first-order chi connectivity index (χ1) is 14.1. The number of nitrogens with zero attached hydrogens (tertiary/aromatic N) is 1. The highest BCUT2D eigenvalue weighted by Gasteiger charge is 2.19. The fourth-order valence-electron chi connectivity index (χ4n) is 2.80. The molecule has 0 saturated carbocycles. The first kappa shape index (κ1) is 23.4. The van der Waals surface area contributed by atoms with Crippen molar-refractivity contribution in [2.45, 2.75) is 31.7 Å². The van der Waals surface area contributed by atoms with Crippen molar-refractivity contribution in [3.8, 4) is 0 Å². The molecule has 1 aromatic carbocycles. The molecule has 1 N–H and O–H groups in total. The van der Waals surface area contributed by atoms with Crippen LogP contribution in [0.1, 0.15) is 28.2 Å². The maximum atomic E-state index is 13.2. The largest absolute Gasteiger partial charge is 0.457 e. The van der Waals surface area contributed by atoms with Crippen LogP contribution in [0.5, 0.6) is 0 Å². The number of aryl methyl sites for hydroxylation is 1. The molecule has 162 valence electrons. The second-order valence-electron chi connectivity index (χ2n) is 6.49. The Bertz CT molecular complexity index is 1080. The third-order valence-corrected chi connectivity index (χ3v) is 5.83. The molecule has 0 saturated heterocycles. The number of halogens is 2. The number of rotatable bonds is 10. The van der Waals surface area contributed by atoms with Crippen LogP contribution in [0, 0.1) is 25.5 Å². The van der Waals surface area contributed by atoms with Gasteiger partial charge in [-0.1, -0.05) is 6.08 Å². The van der Waals surface area contributed by atoms with Crippen molar-refractivity contribution in [1.29, 1.82) is 0 Å². The van der Waals surface area contributed by atoms with Crippen LogP contribution in [0.3, 0.4) is 0 Å². The Hall–Kier alpha value is -2.85. The molecule has 0 amide bonds. The molecule has 0 aliphatic heterocycles. The predicted molar refractivity (Wildman–Crippen MR) is 106 cm³/mol. The highest BCUT2D eigenvalue weighted by atomic mass is 32.2. The number of aromatic nitrogens is 1. The zero-order valence-corrected chi connectivity index (χ0v) is 17.4. The van der Waals surface area contributed by atoms with Gasteiger partial charge >= 0.3 is 5.97 Å². The van der Waals surface area contributed by atoms with Gasteiger partial charge in [0.1, 0.15) is 0 Å². The van der Waals surface area contributed by atoms with Gasteiger partial charge in [0.2, 0.25) is 15.8 Å². The summed E-state index contributed by atoms with van der Waals surface area (Å²) in [4.78, 5) is 23.7. The number of nitrogens with one attached hydrogen (secondary N) is 1. The molecule has 0 aliphatic rings. The van der Waals surface area contributed by atoms with E-state index in [1.807, 2.05) is 11.5 Å². The number of allylic oxidation sites excluding steroid dienone is 1. The minimum absolute atomic E-state index is 0.331. The van der Waals surface area contributed by atoms with Crippen molar-refractivity contribution >= 4 is 21.8 Å². The molecule has 1 aromatic heterocycles. The van der Waals surface area contributed by atoms with Crippen LogP contribution in [-0.4, -0.2) is 37.9 Å². The molecule has 0 bridgehead atoms. The summed E-state index contributed by atoms with van der Waals surface area (Å²) in [5, 5.41) is 0. The number of carbonyl (C=O) groups excluding carboxylic acids is 2. The summed E-state index contributed by atoms with van der Waals surface area (Å²) < 4.78 is 59.1. The Morgan fingerprint density at radius 2 is 1.90 bits per heavy atom. The van der Waals surface area contributed by atoms with Crippen molar-refractivity contribution in [3.63, 3.8) is 0 Å². The summed E-state index contributed by atoms with van der Waals surface area (Å²) in [6.45, 7) is 7.02. The van der Waals surface area contributed by atoms with Gasteiger partial charge in [-0.25, -0.2) is 21.9 Å². The summed E-state index contributed by atoms with van der Waals surface area (Å²) in [5.41, 5.74) is 2.03. The van der Waals surface area contributed by atoms with Crippen molar-refractivity contribution in [2.24, 2.45) is 0 Å². The summed E-state index contributed by atoms with van der Waals surface area (Å²) in [6, 6.07) is 3.83. The summed E-state index contributed by atoms with van der Waals surface area (Å²) in [5.74, 6) is -3.64. The number of benzene rings is 1. The number of ether oxygens (including phenoxy) is 1. The maximum absolute atomic E-state index is 13.2. The van der Waals surface area contributed by atoms with Crippen molar-refractivity contribution in [1.82, 2.24) is 9.29 Å². The predicted octanol–water partition coefficient (Wildman–Crippen LogP) is 2.66. The van der Waals surface area contributed by atoms with Crippen molar-refractivity contribution in [3.05, 3.63) is 65.5 Å². The fourth-order valence-corrected chi connectivity index (χ4v) is 3.85. The first-order valence-electron chi connectivity index (χ1n) is 8.98. The molecule has 7 nitrogen and oxygen atoms in total. The zero-order chi connectivity index (χ0) is 22.5. The second-order valence-corrected chi connectivity index (χ2v) is 8.26. The van der Waals surface area contributed by atoms with Crippen molar-refractivity contribution < 1.29 is 31.5 Å². The quantitative estimate of drug-likeness (QED) is 0.348. The van der Waals surface area contributed by atoms with Crippen molar-refractivity contribution in [2.75, 3.05) is 13.2 Å². The maximum Gasteiger partial charge on any atom is 0.307 e. The fraction of sp³-hybridized carbons (Fsp3) is 0.300. The number of hydrogen-bond acceptors (Lipinski definition) is 5. The minimum Gasteiger partial charge on any atom is -0.457 e. The van der Waals surface area contributed by atoms with Gasteiger partial charge in [-0.3, -0.25) is 9.59 Å². The smallest absolute Gasteiger partial charge is 0.307 e. The number of hydrogen-bond donors (Lipinski definition) is 1. The van der Waals surface area contributed by atoms with Gasteiger partial charge < -0.3 is 9.30 Å². The Kier molecular flexibility index (Phi) is 7.63. The van der Waals surface area contributed by atoms with Gasteiger partial charge in [-0.05, 0) is 38.1 Å². The molecule has 10 heteroatoms. The number of carbonyl (C=O) groups is 2. The molecule has 0 atom stereocenters. The Morgan fingerprint density at radius 1 is 1.20 bits per heavy atom. The van der Waals surface area contributed by atoms with E-state index in [0.717, 1.165) is 17.5 Å². The SMILES string of the molecule is C=CCn1c(C)cc(C(=O)COC(=O)CCNS(=O)(=O)c2ccc(F)c(F)c2)c1C. The zero-order valence-electron chi connectivity index (χ0n) is 16.6. The number of Topliss-reactive ketones (excluding diaryl/α,β-unsaturated/α-hetero) is 1. The molecule has 2 aromatic rings. The molecule has 1 heterocycles. The third kappa shape index (κ3) is 5.61. The molecule has 2 rings (SSSR count). The summed E-state index contributed by atoms with van der Waals surface area (Å²) >= 11 is 0. The van der Waals surface area contributed by atoms with E-state index in [4.69, 9.17) is 4.74 Å². The molecule has 0 aliphatic carbocycles. The van der Waals surface area contributed by atoms with E-state index in [1.165, 1.54) is 0 Å². The van der Waals surface area contributed by atoms with Gasteiger partial charge in [-0.2, -0.15) is 0 Å². The Morgan fingerprint density at radius 3 is 2.53 bits per heavy atom. The highest BCUT2D eigenvalue weighted by molar-refractivity contribution is 7.89. The van der Waals surface area contributed by atoms with E-state index < -0.39 is 39.1 Å². The van der Waals surface area contributed by atoms with Gasteiger partial charge in [-0.15, -0.1) is 6.58 Å². The molecular weight excluding hydrogens is 418 g/mol. The topological polar surface area (TPSA) is 94.5 Å². The van der Waals surface area contributed by atoms with Crippen LogP contribution in [0.25, 0.3) is 0 Å². The Labute approximate surface area is 173 Å². The number of sulfonamides is 1. The third-order valence-electron chi connectivity index (χ3n) is 4.37. The van der Waals surface area contributed by atoms with Gasteiger partial charge in [0.05, 0.1) is 11.3 Å². The van der Waals surface area contributed by atoms with Gasteiger partial charge in [0.25, 0.3) is 0 Å². The molecule has 0 spiro atoms. The van der Waals surface area contributed by atoms with Crippen LogP contribution in [0.2, 0.25) is 0 Å². The normalized spacial score (nSPS) is 11.3. The molecule has 0 radical (unpaired) electrons. The minimum atomic E-state index is -4.12. The highest BCUT2D eigenvalue weighted by Crippen LogP contribution is 2.16. The van der Waals surface area contributed by atoms with E-state index in [1.54, 1.807) is 19.1 Å². The van der Waals surface area contributed by atoms with Crippen LogP contribution >= 0.6 is 0 Å². The summed E-state index contributed by atoms with van der Waals surface area (Å²) in [6.07, 6.45) is 1.36. The van der Waals surface area contributed by atoms with E-state index in [-0.39, 0.29) is 18.7 Å². The van der Waals surface area contributed by atoms with E-state index >= 15 is 0 Å². The molecule has 0 fully saturated rings. The van der Waals surface area contributed by atoms with Crippen LogP contribution < -0.4 is 4.72 Å². The average molecular weight is 440 g/mol. The average Bonchev–Trinajstić information content (AvgIpc) is 2.96. The standard InChI is InChI=1S/C20H22F2N2O5S/c1-4-9-24-13(2)10-16(14(24)3)19(25)12-29-20(26)7-8-23-30(27,28)15-5-6-17(21)18(22)11-15/h4-6,10-11,23H,1,7-9,12H2,2-3H3. The lowest BCUT2D eigenvalue weighted by Crippen LogP contribution is -2.27. The monoisotopic (exact) mass is 440 g/mol. The molecular formula is C20H22F2N2O5S. The molecule has 30 heavy (non-hydrogen) atoms. The first-order valence-corrected chi connectivity index (χ1v) is 10.5. The van der Waals surface area contributed by atoms with E-state index in [9.17, 15) is 26.8 Å². The van der Waals surface area contributed by atoms with Gasteiger partial charge in [0, 0.05) is 30.0 Å². The summed E-state index contributed by atoms with van der Waals surface area (Å²) in [7, 11) is -4.12. The number of ketones is 1. The lowest BCUT2D eigenvalue weighted by molar-refractivity contribution is -0.142. The lowest BCUT2D eigenvalue weighted by Gasteiger charge is -2.08.